The summed E-state index contributed by atoms with van der Waals surface area (Å²) in [4.78, 5) is 40.2. The number of allylic oxidation sites excluding steroid dienone is 2. The summed E-state index contributed by atoms with van der Waals surface area (Å²) in [5, 5.41) is 0. The highest BCUT2D eigenvalue weighted by atomic mass is 16.5. The molecule has 7 nitrogen and oxygen atoms in total. The van der Waals surface area contributed by atoms with Gasteiger partial charge in [-0.05, 0) is 38.5 Å². The zero-order valence-electron chi connectivity index (χ0n) is 17.6. The number of likely N-dealkylation sites (tertiary alicyclic amines) is 1. The number of carbonyl (C=O) groups excluding carboxylic acids is 3. The van der Waals surface area contributed by atoms with Crippen molar-refractivity contribution in [3.8, 4) is 0 Å². The van der Waals surface area contributed by atoms with Gasteiger partial charge in [0.1, 0.15) is 0 Å². The summed E-state index contributed by atoms with van der Waals surface area (Å²) in [5.41, 5.74) is 0.902. The van der Waals surface area contributed by atoms with Crippen LogP contribution in [0.15, 0.2) is 34.6 Å². The van der Waals surface area contributed by atoms with Gasteiger partial charge in [0.15, 0.2) is 0 Å². The first kappa shape index (κ1) is 22.7. The zero-order valence-corrected chi connectivity index (χ0v) is 17.6. The quantitative estimate of drug-likeness (QED) is 0.525. The van der Waals surface area contributed by atoms with Crippen LogP contribution in [0.25, 0.3) is 0 Å². The van der Waals surface area contributed by atoms with Gasteiger partial charge < -0.3 is 19.1 Å². The van der Waals surface area contributed by atoms with E-state index in [1.807, 2.05) is 11.0 Å². The average molecular weight is 405 g/mol. The standard InChI is InChI=1S/C22H31NO6/c1-27-20(24)16-12-8-6-4-5-7-9-13-17(21(25)28-2)19(18(16)22(26)29-3)23-14-10-11-15-23/h12-13H,4-11,14-15H2,1-3H3/b16-12-,17-13?,19-18-. The van der Waals surface area contributed by atoms with E-state index in [4.69, 9.17) is 14.2 Å². The maximum atomic E-state index is 12.9. The van der Waals surface area contributed by atoms with Crippen molar-refractivity contribution < 1.29 is 28.6 Å². The van der Waals surface area contributed by atoms with Gasteiger partial charge in [0.05, 0.1) is 43.7 Å². The van der Waals surface area contributed by atoms with Gasteiger partial charge in [-0.3, -0.25) is 0 Å². The monoisotopic (exact) mass is 405 g/mol. The van der Waals surface area contributed by atoms with Crippen molar-refractivity contribution in [2.75, 3.05) is 34.4 Å². The fourth-order valence-electron chi connectivity index (χ4n) is 3.76. The molecule has 1 saturated heterocycles. The van der Waals surface area contributed by atoms with E-state index in [9.17, 15) is 14.4 Å². The molecule has 2 aliphatic rings. The molecule has 0 amide bonds. The molecule has 1 fully saturated rings. The van der Waals surface area contributed by atoms with Gasteiger partial charge in [-0.1, -0.05) is 25.0 Å². The van der Waals surface area contributed by atoms with Crippen LogP contribution in [0, 0.1) is 0 Å². The molecule has 0 N–H and O–H groups in total. The second-order valence-electron chi connectivity index (χ2n) is 7.12. The molecule has 0 aromatic carbocycles. The van der Waals surface area contributed by atoms with E-state index in [1.54, 1.807) is 6.08 Å². The van der Waals surface area contributed by atoms with E-state index < -0.39 is 17.9 Å². The van der Waals surface area contributed by atoms with Crippen LogP contribution in [0.5, 0.6) is 0 Å². The normalized spacial score (nSPS) is 23.1. The van der Waals surface area contributed by atoms with Crippen LogP contribution in [-0.2, 0) is 28.6 Å². The third-order valence-corrected chi connectivity index (χ3v) is 5.24. The Bertz CT molecular complexity index is 713. The first-order chi connectivity index (χ1) is 14.0. The minimum atomic E-state index is -0.671. The minimum absolute atomic E-state index is 0.0680. The highest BCUT2D eigenvalue weighted by molar-refractivity contribution is 6.09. The van der Waals surface area contributed by atoms with Crippen molar-refractivity contribution in [1.29, 1.82) is 0 Å². The first-order valence-electron chi connectivity index (χ1n) is 10.2. The van der Waals surface area contributed by atoms with Crippen molar-refractivity contribution in [2.45, 2.75) is 51.4 Å². The van der Waals surface area contributed by atoms with Gasteiger partial charge in [-0.2, -0.15) is 0 Å². The van der Waals surface area contributed by atoms with Crippen LogP contribution in [0.2, 0.25) is 0 Å². The molecule has 0 bridgehead atoms. The first-order valence-corrected chi connectivity index (χ1v) is 10.2. The maximum absolute atomic E-state index is 12.9. The van der Waals surface area contributed by atoms with E-state index in [-0.39, 0.29) is 11.1 Å². The zero-order chi connectivity index (χ0) is 21.2. The summed E-state index contributed by atoms with van der Waals surface area (Å²) in [6, 6.07) is 0. The number of rotatable bonds is 4. The Labute approximate surface area is 172 Å². The van der Waals surface area contributed by atoms with Gasteiger partial charge in [-0.25, -0.2) is 14.4 Å². The largest absolute Gasteiger partial charge is 0.465 e. The fourth-order valence-corrected chi connectivity index (χ4v) is 3.76. The SMILES string of the molecule is COC(=O)C1=CCCCCCC/C=C(C(=O)OC)/C(C(=O)OC)=C\1N1CCCC1. The van der Waals surface area contributed by atoms with Crippen LogP contribution in [0.4, 0.5) is 0 Å². The smallest absolute Gasteiger partial charge is 0.340 e. The lowest BCUT2D eigenvalue weighted by Gasteiger charge is -2.26. The molecule has 1 aliphatic carbocycles. The summed E-state index contributed by atoms with van der Waals surface area (Å²) in [7, 11) is 3.86. The molecule has 160 valence electrons. The maximum Gasteiger partial charge on any atom is 0.340 e. The topological polar surface area (TPSA) is 82.1 Å². The minimum Gasteiger partial charge on any atom is -0.465 e. The van der Waals surface area contributed by atoms with Crippen LogP contribution in [0.3, 0.4) is 0 Å². The highest BCUT2D eigenvalue weighted by Gasteiger charge is 2.34. The molecular weight excluding hydrogens is 374 g/mol. The van der Waals surface area contributed by atoms with E-state index in [1.165, 1.54) is 21.3 Å². The molecule has 1 heterocycles. The second-order valence-corrected chi connectivity index (χ2v) is 7.12. The molecule has 29 heavy (non-hydrogen) atoms. The third-order valence-electron chi connectivity index (χ3n) is 5.24. The molecular formula is C22H31NO6. The van der Waals surface area contributed by atoms with Gasteiger partial charge in [0.25, 0.3) is 0 Å². The summed E-state index contributed by atoms with van der Waals surface area (Å²) in [5.74, 6) is -1.83. The molecule has 1 aliphatic heterocycles. The number of esters is 3. The summed E-state index contributed by atoms with van der Waals surface area (Å²) < 4.78 is 15.0. The molecule has 0 atom stereocenters. The third kappa shape index (κ3) is 5.71. The second kappa shape index (κ2) is 11.4. The fraction of sp³-hybridized carbons (Fsp3) is 0.591. The molecule has 0 spiro atoms. The number of hydrogen-bond donors (Lipinski definition) is 0. The van der Waals surface area contributed by atoms with Crippen molar-refractivity contribution in [1.82, 2.24) is 4.90 Å². The Balaban J connectivity index is 2.81. The number of nitrogens with zero attached hydrogens (tertiary/aromatic N) is 1. The molecule has 0 radical (unpaired) electrons. The van der Waals surface area contributed by atoms with Gasteiger partial charge in [0.2, 0.25) is 0 Å². The number of ether oxygens (including phenoxy) is 3. The van der Waals surface area contributed by atoms with Crippen molar-refractivity contribution in [3.05, 3.63) is 34.6 Å². The lowest BCUT2D eigenvalue weighted by Crippen LogP contribution is -2.29. The van der Waals surface area contributed by atoms with Crippen molar-refractivity contribution in [3.63, 3.8) is 0 Å². The van der Waals surface area contributed by atoms with E-state index >= 15 is 0 Å². The lowest BCUT2D eigenvalue weighted by atomic mass is 9.94. The molecule has 0 aromatic heterocycles. The number of hydrogen-bond acceptors (Lipinski definition) is 7. The number of carbonyl (C=O) groups is 3. The van der Waals surface area contributed by atoms with Gasteiger partial charge in [-0.15, -0.1) is 0 Å². The van der Waals surface area contributed by atoms with E-state index in [0.717, 1.165) is 38.5 Å². The highest BCUT2D eigenvalue weighted by Crippen LogP contribution is 2.31. The predicted molar refractivity (Wildman–Crippen MR) is 108 cm³/mol. The Morgan fingerprint density at radius 3 is 1.69 bits per heavy atom. The molecule has 2 rings (SSSR count). The summed E-state index contributed by atoms with van der Waals surface area (Å²) >= 11 is 0. The lowest BCUT2D eigenvalue weighted by molar-refractivity contribution is -0.139. The summed E-state index contributed by atoms with van der Waals surface area (Å²) in [6.07, 6.45) is 10.6. The average Bonchev–Trinajstić information content (AvgIpc) is 3.26. The molecule has 0 saturated carbocycles. The van der Waals surface area contributed by atoms with Crippen LogP contribution < -0.4 is 0 Å². The molecule has 7 heteroatoms. The van der Waals surface area contributed by atoms with Crippen LogP contribution >= 0.6 is 0 Å². The summed E-state index contributed by atoms with van der Waals surface area (Å²) in [6.45, 7) is 1.36. The molecule has 0 unspecified atom stereocenters. The van der Waals surface area contributed by atoms with E-state index in [0.29, 0.717) is 37.2 Å². The van der Waals surface area contributed by atoms with Crippen molar-refractivity contribution >= 4 is 17.9 Å². The van der Waals surface area contributed by atoms with Gasteiger partial charge >= 0.3 is 17.9 Å². The van der Waals surface area contributed by atoms with Crippen LogP contribution in [-0.4, -0.2) is 57.2 Å². The molecule has 0 aromatic rings. The van der Waals surface area contributed by atoms with Crippen molar-refractivity contribution in [2.24, 2.45) is 0 Å². The Morgan fingerprint density at radius 2 is 1.17 bits per heavy atom. The Kier molecular flexibility index (Phi) is 8.96. The Hall–Kier alpha value is -2.57. The number of methoxy groups -OCH3 is 3. The van der Waals surface area contributed by atoms with Crippen LogP contribution in [0.1, 0.15) is 51.4 Å². The predicted octanol–water partition coefficient (Wildman–Crippen LogP) is 3.06. The Morgan fingerprint density at radius 1 is 0.690 bits per heavy atom. The van der Waals surface area contributed by atoms with E-state index in [2.05, 4.69) is 0 Å². The van der Waals surface area contributed by atoms with Gasteiger partial charge in [0, 0.05) is 13.1 Å².